The number of hydrogen-bond donors (Lipinski definition) is 0. The molecule has 1 saturated carbocycles. The fourth-order valence-corrected chi connectivity index (χ4v) is 2.34. The van der Waals surface area contributed by atoms with Crippen LogP contribution < -0.4 is 0 Å². The van der Waals surface area contributed by atoms with Crippen LogP contribution in [0.2, 0.25) is 0 Å². The first-order valence-electron chi connectivity index (χ1n) is 4.87. The van der Waals surface area contributed by atoms with Gasteiger partial charge in [-0.15, -0.1) is 0 Å². The molecule has 0 radical (unpaired) electrons. The third kappa shape index (κ3) is 1.25. The summed E-state index contributed by atoms with van der Waals surface area (Å²) in [5.74, 6) is 0.493. The molecule has 70 valence electrons. The Morgan fingerprint density at radius 2 is 2.08 bits per heavy atom. The highest BCUT2D eigenvalue weighted by molar-refractivity contribution is 5.96. The number of hydrogen-bond acceptors (Lipinski definition) is 2. The summed E-state index contributed by atoms with van der Waals surface area (Å²) < 4.78 is 0. The van der Waals surface area contributed by atoms with E-state index < -0.39 is 0 Å². The molecule has 2 nitrogen and oxygen atoms in total. The van der Waals surface area contributed by atoms with E-state index in [9.17, 15) is 9.59 Å². The van der Waals surface area contributed by atoms with Gasteiger partial charge in [-0.3, -0.25) is 9.59 Å². The highest BCUT2D eigenvalue weighted by atomic mass is 16.1. The lowest BCUT2D eigenvalue weighted by molar-refractivity contribution is -0.126. The smallest absolute Gasteiger partial charge is 0.143 e. The van der Waals surface area contributed by atoms with Crippen LogP contribution in [0.15, 0.2) is 11.6 Å². The van der Waals surface area contributed by atoms with E-state index in [2.05, 4.69) is 6.08 Å². The molecule has 0 aromatic carbocycles. The lowest BCUT2D eigenvalue weighted by atomic mass is 9.78. The normalized spacial score (nSPS) is 34.1. The van der Waals surface area contributed by atoms with E-state index in [1.165, 1.54) is 0 Å². The first kappa shape index (κ1) is 8.67. The van der Waals surface area contributed by atoms with Crippen LogP contribution in [-0.4, -0.2) is 11.6 Å². The van der Waals surface area contributed by atoms with Gasteiger partial charge < -0.3 is 0 Å². The summed E-state index contributed by atoms with van der Waals surface area (Å²) >= 11 is 0. The highest BCUT2D eigenvalue weighted by Gasteiger charge is 2.41. The number of allylic oxidation sites excluding steroid dienone is 2. The first-order valence-corrected chi connectivity index (χ1v) is 4.87. The third-order valence-corrected chi connectivity index (χ3v) is 3.38. The summed E-state index contributed by atoms with van der Waals surface area (Å²) in [6.07, 6.45) is 5.38. The van der Waals surface area contributed by atoms with Crippen molar-refractivity contribution in [3.63, 3.8) is 0 Å². The second kappa shape index (κ2) is 2.79. The number of carbonyl (C=O) groups excluding carboxylic acids is 2. The summed E-state index contributed by atoms with van der Waals surface area (Å²) in [6, 6.07) is 0. The van der Waals surface area contributed by atoms with Crippen LogP contribution in [0.3, 0.4) is 0 Å². The Morgan fingerprint density at radius 1 is 1.31 bits per heavy atom. The van der Waals surface area contributed by atoms with E-state index in [0.29, 0.717) is 19.3 Å². The molecular weight excluding hydrogens is 164 g/mol. The van der Waals surface area contributed by atoms with E-state index in [4.69, 9.17) is 0 Å². The van der Waals surface area contributed by atoms with E-state index in [1.807, 2.05) is 6.92 Å². The number of rotatable bonds is 0. The Kier molecular flexibility index (Phi) is 1.86. The maximum atomic E-state index is 11.8. The predicted octanol–water partition coefficient (Wildman–Crippen LogP) is 2.04. The molecule has 2 heteroatoms. The molecule has 1 unspecified atom stereocenters. The zero-order valence-electron chi connectivity index (χ0n) is 7.93. The third-order valence-electron chi connectivity index (χ3n) is 3.38. The van der Waals surface area contributed by atoms with Gasteiger partial charge in [0.15, 0.2) is 0 Å². The average Bonchev–Trinajstić information content (AvgIpc) is 2.41. The maximum Gasteiger partial charge on any atom is 0.143 e. The number of ketones is 2. The van der Waals surface area contributed by atoms with Crippen molar-refractivity contribution in [2.24, 2.45) is 5.41 Å². The van der Waals surface area contributed by atoms with Gasteiger partial charge in [0.2, 0.25) is 0 Å². The van der Waals surface area contributed by atoms with Crippen LogP contribution >= 0.6 is 0 Å². The van der Waals surface area contributed by atoms with Gasteiger partial charge in [0.1, 0.15) is 11.6 Å². The number of fused-ring (bicyclic) bond motifs is 1. The van der Waals surface area contributed by atoms with Crippen LogP contribution in [0.25, 0.3) is 0 Å². The van der Waals surface area contributed by atoms with Crippen LogP contribution in [0.4, 0.5) is 0 Å². The van der Waals surface area contributed by atoms with Gasteiger partial charge in [0.05, 0.1) is 0 Å². The highest BCUT2D eigenvalue weighted by Crippen LogP contribution is 2.44. The first-order chi connectivity index (χ1) is 6.13. The molecule has 1 fully saturated rings. The minimum absolute atomic E-state index is 0.227. The molecule has 0 amide bonds. The largest absolute Gasteiger partial charge is 0.299 e. The van der Waals surface area contributed by atoms with Crippen LogP contribution in [0.5, 0.6) is 0 Å². The predicted molar refractivity (Wildman–Crippen MR) is 49.3 cm³/mol. The molecule has 0 aliphatic heterocycles. The summed E-state index contributed by atoms with van der Waals surface area (Å²) in [5, 5.41) is 0. The molecule has 2 rings (SSSR count). The Hall–Kier alpha value is -0.920. The Morgan fingerprint density at radius 3 is 2.85 bits per heavy atom. The van der Waals surface area contributed by atoms with Gasteiger partial charge in [0, 0.05) is 24.7 Å². The van der Waals surface area contributed by atoms with Crippen LogP contribution in [0, 0.1) is 5.41 Å². The summed E-state index contributed by atoms with van der Waals surface area (Å²) in [7, 11) is 0. The van der Waals surface area contributed by atoms with Gasteiger partial charge in [0.25, 0.3) is 0 Å². The van der Waals surface area contributed by atoms with Crippen molar-refractivity contribution in [1.29, 1.82) is 0 Å². The summed E-state index contributed by atoms with van der Waals surface area (Å²) in [5.41, 5.74) is 0.798. The minimum Gasteiger partial charge on any atom is -0.299 e. The Labute approximate surface area is 78.0 Å². The SMILES string of the molecule is CC12CCC=C1CC(=O)CCC2=O. The average molecular weight is 178 g/mol. The molecule has 0 saturated heterocycles. The van der Waals surface area contributed by atoms with Crippen LogP contribution in [-0.2, 0) is 9.59 Å². The van der Waals surface area contributed by atoms with Crippen molar-refractivity contribution in [2.45, 2.75) is 39.0 Å². The number of carbonyl (C=O) groups is 2. The van der Waals surface area contributed by atoms with Crippen molar-refractivity contribution < 1.29 is 9.59 Å². The zero-order valence-corrected chi connectivity index (χ0v) is 7.93. The Bertz CT molecular complexity index is 301. The summed E-state index contributed by atoms with van der Waals surface area (Å²) in [6.45, 7) is 1.99. The summed E-state index contributed by atoms with van der Waals surface area (Å²) in [4.78, 5) is 23.1. The van der Waals surface area contributed by atoms with Crippen molar-refractivity contribution in [3.05, 3.63) is 11.6 Å². The van der Waals surface area contributed by atoms with Crippen molar-refractivity contribution >= 4 is 11.6 Å². The van der Waals surface area contributed by atoms with E-state index in [-0.39, 0.29) is 17.0 Å². The van der Waals surface area contributed by atoms with Gasteiger partial charge >= 0.3 is 0 Å². The molecule has 13 heavy (non-hydrogen) atoms. The molecule has 0 N–H and O–H groups in total. The lowest BCUT2D eigenvalue weighted by Gasteiger charge is -2.23. The van der Waals surface area contributed by atoms with E-state index in [1.54, 1.807) is 0 Å². The van der Waals surface area contributed by atoms with E-state index >= 15 is 0 Å². The lowest BCUT2D eigenvalue weighted by Crippen LogP contribution is -2.25. The molecule has 0 aromatic heterocycles. The van der Waals surface area contributed by atoms with Crippen molar-refractivity contribution in [2.75, 3.05) is 0 Å². The Balaban J connectivity index is 2.37. The van der Waals surface area contributed by atoms with Gasteiger partial charge in [-0.05, 0) is 19.8 Å². The fourth-order valence-electron chi connectivity index (χ4n) is 2.34. The molecule has 0 spiro atoms. The fraction of sp³-hybridized carbons (Fsp3) is 0.636. The second-order valence-electron chi connectivity index (χ2n) is 4.24. The second-order valence-corrected chi connectivity index (χ2v) is 4.24. The monoisotopic (exact) mass is 178 g/mol. The molecular formula is C11H14O2. The topological polar surface area (TPSA) is 34.1 Å². The standard InChI is InChI=1S/C11H14O2/c1-11-6-2-3-8(11)7-9(12)4-5-10(11)13/h3H,2,4-7H2,1H3. The number of Topliss-reactive ketones (excluding diaryl/α,β-unsaturated/α-hetero) is 2. The molecule has 2 aliphatic rings. The quantitative estimate of drug-likeness (QED) is 0.532. The minimum atomic E-state index is -0.286. The molecule has 1 atom stereocenters. The van der Waals surface area contributed by atoms with E-state index in [0.717, 1.165) is 18.4 Å². The van der Waals surface area contributed by atoms with Gasteiger partial charge in [-0.25, -0.2) is 0 Å². The zero-order chi connectivity index (χ0) is 9.47. The van der Waals surface area contributed by atoms with Gasteiger partial charge in [-0.2, -0.15) is 0 Å². The van der Waals surface area contributed by atoms with Crippen LogP contribution in [0.1, 0.15) is 39.0 Å². The molecule has 0 aromatic rings. The molecule has 2 aliphatic carbocycles. The molecule has 0 bridgehead atoms. The maximum absolute atomic E-state index is 11.8. The van der Waals surface area contributed by atoms with Gasteiger partial charge in [-0.1, -0.05) is 11.6 Å². The van der Waals surface area contributed by atoms with Crippen molar-refractivity contribution in [3.8, 4) is 0 Å². The van der Waals surface area contributed by atoms with Crippen molar-refractivity contribution in [1.82, 2.24) is 0 Å². The molecule has 0 heterocycles.